The fraction of sp³-hybridized carbons (Fsp3) is 0.462. The van der Waals surface area contributed by atoms with Crippen molar-refractivity contribution in [3.05, 3.63) is 27.1 Å². The summed E-state index contributed by atoms with van der Waals surface area (Å²) in [5.74, 6) is -1.02. The molecule has 1 aliphatic carbocycles. The number of carboxylic acids is 1. The summed E-state index contributed by atoms with van der Waals surface area (Å²) in [6.45, 7) is -0.327. The molecule has 0 saturated carbocycles. The van der Waals surface area contributed by atoms with E-state index in [2.05, 4.69) is 4.98 Å². The lowest BCUT2D eigenvalue weighted by Gasteiger charge is -2.02. The van der Waals surface area contributed by atoms with Crippen molar-refractivity contribution < 1.29 is 9.90 Å². The lowest BCUT2D eigenvalue weighted by atomic mass is 10.1. The molecule has 0 radical (unpaired) electrons. The fourth-order valence-corrected chi connectivity index (χ4v) is 3.84. The summed E-state index contributed by atoms with van der Waals surface area (Å²) in [6, 6.07) is 0. The number of carbonyl (C=O) groups is 1. The predicted molar refractivity (Wildman–Crippen MR) is 72.8 cm³/mol. The molecule has 2 heterocycles. The number of carboxylic acid groups (broad SMARTS) is 1. The third kappa shape index (κ3) is 2.16. The van der Waals surface area contributed by atoms with E-state index in [1.807, 2.05) is 0 Å². The van der Waals surface area contributed by atoms with Crippen molar-refractivity contribution in [2.45, 2.75) is 38.6 Å². The van der Waals surface area contributed by atoms with Crippen LogP contribution in [-0.4, -0.2) is 20.6 Å². The molecule has 3 rings (SSSR count). The normalized spacial score (nSPS) is 15.2. The van der Waals surface area contributed by atoms with Crippen LogP contribution in [0.15, 0.2) is 11.1 Å². The zero-order valence-corrected chi connectivity index (χ0v) is 11.2. The second-order valence-corrected chi connectivity index (χ2v) is 5.90. The summed E-state index contributed by atoms with van der Waals surface area (Å²) >= 11 is 1.58. The first-order chi connectivity index (χ1) is 9.16. The van der Waals surface area contributed by atoms with Crippen LogP contribution < -0.4 is 5.56 Å². The van der Waals surface area contributed by atoms with Crippen LogP contribution >= 0.6 is 11.3 Å². The average molecular weight is 278 g/mol. The van der Waals surface area contributed by atoms with Crippen molar-refractivity contribution in [1.29, 1.82) is 0 Å². The lowest BCUT2D eigenvalue weighted by Crippen LogP contribution is -2.24. The summed E-state index contributed by atoms with van der Waals surface area (Å²) in [7, 11) is 0. The fourth-order valence-electron chi connectivity index (χ4n) is 2.62. The summed E-state index contributed by atoms with van der Waals surface area (Å²) in [4.78, 5) is 29.4. The zero-order valence-electron chi connectivity index (χ0n) is 10.4. The SMILES string of the molecule is O=C(O)Cn1cnc2sc3c(c2c1=O)CCCCC3. The highest BCUT2D eigenvalue weighted by Crippen LogP contribution is 2.32. The number of rotatable bonds is 2. The highest BCUT2D eigenvalue weighted by atomic mass is 32.1. The molecule has 0 fully saturated rings. The van der Waals surface area contributed by atoms with Crippen molar-refractivity contribution >= 4 is 27.5 Å². The smallest absolute Gasteiger partial charge is 0.323 e. The average Bonchev–Trinajstić information content (AvgIpc) is 2.55. The Labute approximate surface area is 113 Å². The van der Waals surface area contributed by atoms with E-state index < -0.39 is 5.97 Å². The topological polar surface area (TPSA) is 72.2 Å². The number of aryl methyl sites for hydroxylation is 2. The van der Waals surface area contributed by atoms with Gasteiger partial charge in [-0.05, 0) is 31.2 Å². The second-order valence-electron chi connectivity index (χ2n) is 4.82. The van der Waals surface area contributed by atoms with Crippen molar-refractivity contribution in [2.24, 2.45) is 0 Å². The molecular weight excluding hydrogens is 264 g/mol. The maximum Gasteiger partial charge on any atom is 0.323 e. The Balaban J connectivity index is 2.21. The minimum absolute atomic E-state index is 0.216. The molecular formula is C13H14N2O3S. The van der Waals surface area contributed by atoms with Gasteiger partial charge in [0, 0.05) is 4.88 Å². The molecule has 0 amide bonds. The number of aliphatic carboxylic acids is 1. The van der Waals surface area contributed by atoms with E-state index in [1.165, 1.54) is 22.2 Å². The largest absolute Gasteiger partial charge is 0.480 e. The minimum Gasteiger partial charge on any atom is -0.480 e. The molecule has 5 nitrogen and oxygen atoms in total. The Morgan fingerprint density at radius 3 is 2.95 bits per heavy atom. The van der Waals surface area contributed by atoms with Crippen LogP contribution in [0.3, 0.4) is 0 Å². The molecule has 100 valence electrons. The third-order valence-electron chi connectivity index (χ3n) is 3.50. The molecule has 0 aromatic carbocycles. The van der Waals surface area contributed by atoms with Gasteiger partial charge in [0.2, 0.25) is 0 Å². The molecule has 1 aliphatic rings. The van der Waals surface area contributed by atoms with Crippen LogP contribution in [0.4, 0.5) is 0 Å². The molecule has 1 N–H and O–H groups in total. The van der Waals surface area contributed by atoms with Crippen molar-refractivity contribution in [3.63, 3.8) is 0 Å². The number of nitrogens with zero attached hydrogens (tertiary/aromatic N) is 2. The van der Waals surface area contributed by atoms with E-state index in [4.69, 9.17) is 5.11 Å². The number of thiophene rings is 1. The second kappa shape index (κ2) is 4.77. The Kier molecular flexibility index (Phi) is 3.10. The van der Waals surface area contributed by atoms with Crippen LogP contribution in [0.1, 0.15) is 29.7 Å². The summed E-state index contributed by atoms with van der Waals surface area (Å²) in [5.41, 5.74) is 0.890. The van der Waals surface area contributed by atoms with Gasteiger partial charge in [-0.2, -0.15) is 0 Å². The number of hydrogen-bond donors (Lipinski definition) is 1. The molecule has 19 heavy (non-hydrogen) atoms. The van der Waals surface area contributed by atoms with Gasteiger partial charge in [0.05, 0.1) is 11.7 Å². The summed E-state index contributed by atoms with van der Waals surface area (Å²) in [6.07, 6.45) is 6.69. The number of aromatic nitrogens is 2. The Morgan fingerprint density at radius 2 is 2.16 bits per heavy atom. The van der Waals surface area contributed by atoms with Crippen LogP contribution in [0, 0.1) is 0 Å². The van der Waals surface area contributed by atoms with Crippen molar-refractivity contribution in [3.8, 4) is 0 Å². The van der Waals surface area contributed by atoms with E-state index in [9.17, 15) is 9.59 Å². The van der Waals surface area contributed by atoms with E-state index in [-0.39, 0.29) is 12.1 Å². The summed E-state index contributed by atoms with van der Waals surface area (Å²) in [5, 5.41) is 9.46. The molecule has 2 aromatic heterocycles. The number of fused-ring (bicyclic) bond motifs is 3. The quantitative estimate of drug-likeness (QED) is 0.850. The predicted octanol–water partition coefficient (Wildman–Crippen LogP) is 1.81. The van der Waals surface area contributed by atoms with Gasteiger partial charge in [0.15, 0.2) is 0 Å². The monoisotopic (exact) mass is 278 g/mol. The minimum atomic E-state index is -1.02. The molecule has 0 spiro atoms. The van der Waals surface area contributed by atoms with Gasteiger partial charge in [-0.1, -0.05) is 6.42 Å². The van der Waals surface area contributed by atoms with Crippen LogP contribution in [0.25, 0.3) is 10.2 Å². The number of hydrogen-bond acceptors (Lipinski definition) is 4. The highest BCUT2D eigenvalue weighted by molar-refractivity contribution is 7.18. The maximum atomic E-state index is 12.4. The summed E-state index contributed by atoms with van der Waals surface area (Å²) < 4.78 is 1.18. The third-order valence-corrected chi connectivity index (χ3v) is 4.70. The van der Waals surface area contributed by atoms with Gasteiger partial charge in [0.1, 0.15) is 11.4 Å². The van der Waals surface area contributed by atoms with Gasteiger partial charge in [0.25, 0.3) is 5.56 Å². The molecule has 0 unspecified atom stereocenters. The van der Waals surface area contributed by atoms with Gasteiger partial charge in [-0.25, -0.2) is 4.98 Å². The van der Waals surface area contributed by atoms with Crippen molar-refractivity contribution in [2.75, 3.05) is 0 Å². The maximum absolute atomic E-state index is 12.4. The van der Waals surface area contributed by atoms with Crippen LogP contribution in [0.2, 0.25) is 0 Å². The van der Waals surface area contributed by atoms with E-state index in [1.54, 1.807) is 11.3 Å². The van der Waals surface area contributed by atoms with E-state index in [0.717, 1.165) is 36.1 Å². The molecule has 0 aliphatic heterocycles. The first-order valence-corrected chi connectivity index (χ1v) is 7.20. The molecule has 6 heteroatoms. The first-order valence-electron chi connectivity index (χ1n) is 6.38. The Morgan fingerprint density at radius 1 is 1.37 bits per heavy atom. The van der Waals surface area contributed by atoms with Crippen molar-refractivity contribution in [1.82, 2.24) is 9.55 Å². The van der Waals surface area contributed by atoms with Gasteiger partial charge in [-0.15, -0.1) is 11.3 Å². The zero-order chi connectivity index (χ0) is 13.4. The van der Waals surface area contributed by atoms with Crippen LogP contribution in [0.5, 0.6) is 0 Å². The van der Waals surface area contributed by atoms with E-state index in [0.29, 0.717) is 5.39 Å². The Hall–Kier alpha value is -1.69. The molecule has 2 aromatic rings. The molecule has 0 bridgehead atoms. The van der Waals surface area contributed by atoms with Crippen LogP contribution in [-0.2, 0) is 24.2 Å². The van der Waals surface area contributed by atoms with Gasteiger partial charge < -0.3 is 5.11 Å². The van der Waals surface area contributed by atoms with Gasteiger partial charge in [-0.3, -0.25) is 14.2 Å². The van der Waals surface area contributed by atoms with E-state index >= 15 is 0 Å². The molecule has 0 atom stereocenters. The molecule has 0 saturated heterocycles. The first kappa shape index (κ1) is 12.3. The lowest BCUT2D eigenvalue weighted by molar-refractivity contribution is -0.137. The Bertz CT molecular complexity index is 702. The standard InChI is InChI=1S/C13H14N2O3S/c16-10(17)6-15-7-14-12-11(13(15)18)8-4-2-1-3-5-9(8)19-12/h7H,1-6H2,(H,16,17). The highest BCUT2D eigenvalue weighted by Gasteiger charge is 2.19. The van der Waals surface area contributed by atoms with Gasteiger partial charge >= 0.3 is 5.97 Å².